The lowest BCUT2D eigenvalue weighted by Crippen LogP contribution is -2.50. The van der Waals surface area contributed by atoms with Crippen LogP contribution in [0.1, 0.15) is 12.5 Å². The summed E-state index contributed by atoms with van der Waals surface area (Å²) in [5.41, 5.74) is 2.06. The predicted molar refractivity (Wildman–Crippen MR) is 112 cm³/mol. The fourth-order valence-electron chi connectivity index (χ4n) is 3.29. The van der Waals surface area contributed by atoms with Gasteiger partial charge in [-0.05, 0) is 17.7 Å². The number of carbonyl (C=O) groups is 2. The summed E-state index contributed by atoms with van der Waals surface area (Å²) < 4.78 is 0. The number of nitriles is 1. The first kappa shape index (κ1) is 20.2. The van der Waals surface area contributed by atoms with Crippen molar-refractivity contribution in [2.75, 3.05) is 31.1 Å². The monoisotopic (exact) mass is 388 g/mol. The van der Waals surface area contributed by atoms with Crippen molar-refractivity contribution in [1.82, 2.24) is 9.80 Å². The Morgan fingerprint density at radius 2 is 1.52 bits per heavy atom. The van der Waals surface area contributed by atoms with E-state index in [2.05, 4.69) is 6.07 Å². The molecule has 1 aliphatic rings. The molecule has 0 N–H and O–H groups in total. The van der Waals surface area contributed by atoms with Gasteiger partial charge in [-0.15, -0.1) is 0 Å². The first-order chi connectivity index (χ1) is 14.1. The molecule has 1 fully saturated rings. The number of piperazine rings is 1. The Labute approximate surface area is 171 Å². The van der Waals surface area contributed by atoms with Gasteiger partial charge in [-0.3, -0.25) is 9.59 Å². The number of anilines is 1. The lowest BCUT2D eigenvalue weighted by atomic mass is 10.1. The highest BCUT2D eigenvalue weighted by Gasteiger charge is 2.25. The van der Waals surface area contributed by atoms with Gasteiger partial charge in [0.2, 0.25) is 5.91 Å². The second-order valence-electron chi connectivity index (χ2n) is 6.90. The van der Waals surface area contributed by atoms with Crippen molar-refractivity contribution in [3.05, 3.63) is 78.0 Å². The SMILES string of the molecule is CC(=O)N1CCN(C(=O)/C(C#N)=C\N(Cc2ccccc2)c2ccccc2)CC1. The molecule has 2 aromatic carbocycles. The molecule has 3 rings (SSSR count). The molecule has 0 radical (unpaired) electrons. The van der Waals surface area contributed by atoms with Gasteiger partial charge in [0.25, 0.3) is 5.91 Å². The summed E-state index contributed by atoms with van der Waals surface area (Å²) in [5.74, 6) is -0.295. The molecular weight excluding hydrogens is 364 g/mol. The van der Waals surface area contributed by atoms with Crippen LogP contribution in [0.2, 0.25) is 0 Å². The standard InChI is InChI=1S/C23H24N4O2/c1-19(28)25-12-14-26(15-13-25)23(29)21(16-24)18-27(22-10-6-3-7-11-22)17-20-8-4-2-5-9-20/h2-11,18H,12-15,17H2,1H3/b21-18-. The lowest BCUT2D eigenvalue weighted by molar-refractivity contribution is -0.136. The molecule has 2 aromatic rings. The molecule has 0 spiro atoms. The molecule has 0 aromatic heterocycles. The highest BCUT2D eigenvalue weighted by Crippen LogP contribution is 2.19. The molecule has 6 nitrogen and oxygen atoms in total. The molecule has 0 aliphatic carbocycles. The first-order valence-electron chi connectivity index (χ1n) is 9.61. The Morgan fingerprint density at radius 3 is 2.07 bits per heavy atom. The van der Waals surface area contributed by atoms with Crippen LogP contribution >= 0.6 is 0 Å². The fraction of sp³-hybridized carbons (Fsp3) is 0.261. The third kappa shape index (κ3) is 5.23. The van der Waals surface area contributed by atoms with E-state index in [0.717, 1.165) is 11.3 Å². The van der Waals surface area contributed by atoms with E-state index in [-0.39, 0.29) is 17.4 Å². The van der Waals surface area contributed by atoms with Crippen LogP contribution in [0.3, 0.4) is 0 Å². The average molecular weight is 388 g/mol. The minimum Gasteiger partial charge on any atom is -0.342 e. The zero-order valence-corrected chi connectivity index (χ0v) is 16.5. The van der Waals surface area contributed by atoms with Crippen LogP contribution in [0.25, 0.3) is 0 Å². The number of amides is 2. The highest BCUT2D eigenvalue weighted by atomic mass is 16.2. The maximum Gasteiger partial charge on any atom is 0.266 e. The molecular formula is C23H24N4O2. The van der Waals surface area contributed by atoms with Gasteiger partial charge in [0.05, 0.1) is 0 Å². The zero-order valence-electron chi connectivity index (χ0n) is 16.5. The summed E-state index contributed by atoms with van der Waals surface area (Å²) in [6.07, 6.45) is 1.63. The van der Waals surface area contributed by atoms with E-state index in [4.69, 9.17) is 0 Å². The highest BCUT2D eigenvalue weighted by molar-refractivity contribution is 5.97. The van der Waals surface area contributed by atoms with Gasteiger partial charge in [-0.1, -0.05) is 48.5 Å². The topological polar surface area (TPSA) is 67.6 Å². The van der Waals surface area contributed by atoms with Crippen molar-refractivity contribution in [1.29, 1.82) is 5.26 Å². The Bertz CT molecular complexity index is 911. The Balaban J connectivity index is 1.82. The van der Waals surface area contributed by atoms with Crippen LogP contribution < -0.4 is 4.90 Å². The first-order valence-corrected chi connectivity index (χ1v) is 9.61. The summed E-state index contributed by atoms with van der Waals surface area (Å²) in [4.78, 5) is 29.7. The van der Waals surface area contributed by atoms with Gasteiger partial charge in [0.1, 0.15) is 11.6 Å². The van der Waals surface area contributed by atoms with Crippen LogP contribution in [-0.2, 0) is 16.1 Å². The molecule has 0 bridgehead atoms. The van der Waals surface area contributed by atoms with Gasteiger partial charge in [0, 0.05) is 51.5 Å². The van der Waals surface area contributed by atoms with Gasteiger partial charge >= 0.3 is 0 Å². The van der Waals surface area contributed by atoms with E-state index < -0.39 is 0 Å². The van der Waals surface area contributed by atoms with E-state index >= 15 is 0 Å². The summed E-state index contributed by atoms with van der Waals surface area (Å²) in [6.45, 7) is 3.92. The minimum atomic E-state index is -0.301. The van der Waals surface area contributed by atoms with Crippen LogP contribution in [0.4, 0.5) is 5.69 Å². The van der Waals surface area contributed by atoms with Gasteiger partial charge < -0.3 is 14.7 Å². The summed E-state index contributed by atoms with van der Waals surface area (Å²) >= 11 is 0. The minimum absolute atomic E-state index is 0.00580. The average Bonchev–Trinajstić information content (AvgIpc) is 2.77. The van der Waals surface area contributed by atoms with E-state index in [0.29, 0.717) is 32.7 Å². The Kier molecular flexibility index (Phi) is 6.64. The van der Waals surface area contributed by atoms with E-state index in [9.17, 15) is 14.9 Å². The third-order valence-corrected chi connectivity index (χ3v) is 4.93. The summed E-state index contributed by atoms with van der Waals surface area (Å²) in [6, 6.07) is 21.7. The Morgan fingerprint density at radius 1 is 0.966 bits per heavy atom. The number of hydrogen-bond donors (Lipinski definition) is 0. The summed E-state index contributed by atoms with van der Waals surface area (Å²) in [5, 5.41) is 9.67. The number of benzene rings is 2. The third-order valence-electron chi connectivity index (χ3n) is 4.93. The van der Waals surface area contributed by atoms with E-state index in [1.165, 1.54) is 6.92 Å². The number of carbonyl (C=O) groups excluding carboxylic acids is 2. The maximum atomic E-state index is 12.9. The molecule has 0 atom stereocenters. The molecule has 148 valence electrons. The van der Waals surface area contributed by atoms with Crippen molar-refractivity contribution < 1.29 is 9.59 Å². The summed E-state index contributed by atoms with van der Waals surface area (Å²) in [7, 11) is 0. The molecule has 1 aliphatic heterocycles. The second-order valence-corrected chi connectivity index (χ2v) is 6.90. The lowest BCUT2D eigenvalue weighted by Gasteiger charge is -2.34. The van der Waals surface area contributed by atoms with Crippen molar-refractivity contribution >= 4 is 17.5 Å². The fourth-order valence-corrected chi connectivity index (χ4v) is 3.29. The molecule has 0 unspecified atom stereocenters. The largest absolute Gasteiger partial charge is 0.342 e. The van der Waals surface area contributed by atoms with Crippen molar-refractivity contribution in [3.8, 4) is 6.07 Å². The van der Waals surface area contributed by atoms with E-state index in [1.807, 2.05) is 65.6 Å². The molecule has 29 heavy (non-hydrogen) atoms. The second kappa shape index (κ2) is 9.56. The van der Waals surface area contributed by atoms with Crippen LogP contribution in [0.15, 0.2) is 72.4 Å². The van der Waals surface area contributed by atoms with Crippen molar-refractivity contribution in [3.63, 3.8) is 0 Å². The molecule has 1 heterocycles. The smallest absolute Gasteiger partial charge is 0.266 e. The molecule has 0 saturated carbocycles. The number of nitrogens with zero attached hydrogens (tertiary/aromatic N) is 4. The Hall–Kier alpha value is -3.59. The van der Waals surface area contributed by atoms with E-state index in [1.54, 1.807) is 16.0 Å². The molecule has 1 saturated heterocycles. The van der Waals surface area contributed by atoms with Gasteiger partial charge in [-0.2, -0.15) is 5.26 Å². The van der Waals surface area contributed by atoms with Crippen molar-refractivity contribution in [2.24, 2.45) is 0 Å². The number of rotatable bonds is 5. The van der Waals surface area contributed by atoms with Gasteiger partial charge in [-0.25, -0.2) is 0 Å². The molecule has 6 heteroatoms. The van der Waals surface area contributed by atoms with Gasteiger partial charge in [0.15, 0.2) is 0 Å². The normalized spacial score (nSPS) is 14.3. The quantitative estimate of drug-likeness (QED) is 0.584. The van der Waals surface area contributed by atoms with Crippen LogP contribution in [0.5, 0.6) is 0 Å². The number of hydrogen-bond acceptors (Lipinski definition) is 4. The van der Waals surface area contributed by atoms with Crippen LogP contribution in [-0.4, -0.2) is 47.8 Å². The van der Waals surface area contributed by atoms with Crippen molar-refractivity contribution in [2.45, 2.75) is 13.5 Å². The molecule has 2 amide bonds. The zero-order chi connectivity index (χ0) is 20.6. The van der Waals surface area contributed by atoms with Crippen LogP contribution in [0, 0.1) is 11.3 Å². The predicted octanol–water partition coefficient (Wildman–Crippen LogP) is 2.79. The maximum absolute atomic E-state index is 12.9. The number of para-hydroxylation sites is 1.